The number of hydrogen-bond donors (Lipinski definition) is 0. The SMILES string of the molecule is CC(C)c1ccc(C(=O)[O-])cc1.CC(C)c1ccc(C(=O)[O-])cc1.[Ba+2]. The van der Waals surface area contributed by atoms with E-state index in [1.807, 2.05) is 24.3 Å². The number of carbonyl (C=O) groups is 2. The Hall–Kier alpha value is -1.05. The molecule has 4 nitrogen and oxygen atoms in total. The smallest absolute Gasteiger partial charge is 0.545 e. The zero-order valence-electron chi connectivity index (χ0n) is 15.1. The molecule has 2 rings (SSSR count). The van der Waals surface area contributed by atoms with E-state index in [-0.39, 0.29) is 60.0 Å². The normalized spacial score (nSPS) is 9.84. The molecule has 0 unspecified atom stereocenters. The summed E-state index contributed by atoms with van der Waals surface area (Å²) in [5.74, 6) is -1.38. The molecule has 0 radical (unpaired) electrons. The Balaban J connectivity index is 0.000000443. The molecule has 0 aliphatic carbocycles. The molecule has 0 aliphatic heterocycles. The monoisotopic (exact) mass is 464 g/mol. The summed E-state index contributed by atoms with van der Waals surface area (Å²) in [6.07, 6.45) is 0. The van der Waals surface area contributed by atoms with Gasteiger partial charge in [-0.25, -0.2) is 0 Å². The van der Waals surface area contributed by atoms with Gasteiger partial charge < -0.3 is 19.8 Å². The van der Waals surface area contributed by atoms with E-state index in [9.17, 15) is 19.8 Å². The van der Waals surface area contributed by atoms with Crippen LogP contribution in [0.2, 0.25) is 0 Å². The van der Waals surface area contributed by atoms with Crippen LogP contribution in [0, 0.1) is 0 Å². The molecule has 0 amide bonds. The molecule has 25 heavy (non-hydrogen) atoms. The molecule has 0 aromatic heterocycles. The standard InChI is InChI=1S/2C10H12O2.Ba/c2*1-7(2)8-3-5-9(6-4-8)10(11)12;/h2*3-7H,1-2H3,(H,11,12);/q;;+2/p-2. The topological polar surface area (TPSA) is 80.3 Å². The van der Waals surface area contributed by atoms with E-state index in [4.69, 9.17) is 0 Å². The van der Waals surface area contributed by atoms with Crippen molar-refractivity contribution < 1.29 is 19.8 Å². The summed E-state index contributed by atoms with van der Waals surface area (Å²) < 4.78 is 0. The Morgan fingerprint density at radius 2 is 0.880 bits per heavy atom. The Kier molecular flexibility index (Phi) is 11.1. The molecule has 0 heterocycles. The number of benzene rings is 2. The molecule has 0 atom stereocenters. The molecule has 128 valence electrons. The maximum atomic E-state index is 10.4. The van der Waals surface area contributed by atoms with Crippen molar-refractivity contribution >= 4 is 60.8 Å². The molecule has 0 saturated heterocycles. The van der Waals surface area contributed by atoms with Crippen molar-refractivity contribution in [2.45, 2.75) is 39.5 Å². The number of carboxylic acid groups (broad SMARTS) is 2. The molecule has 5 heteroatoms. The van der Waals surface area contributed by atoms with Gasteiger partial charge in [0.2, 0.25) is 0 Å². The number of aromatic carboxylic acids is 2. The largest absolute Gasteiger partial charge is 2.00 e. The number of carboxylic acids is 2. The molecule has 0 saturated carbocycles. The van der Waals surface area contributed by atoms with Crippen LogP contribution in [0.25, 0.3) is 0 Å². The van der Waals surface area contributed by atoms with E-state index in [2.05, 4.69) is 27.7 Å². The second-order valence-electron chi connectivity index (χ2n) is 6.13. The Morgan fingerprint density at radius 1 is 0.640 bits per heavy atom. The first-order chi connectivity index (χ1) is 11.2. The first kappa shape index (κ1) is 24.0. The summed E-state index contributed by atoms with van der Waals surface area (Å²) in [5, 5.41) is 20.7. The zero-order chi connectivity index (χ0) is 18.3. The predicted molar refractivity (Wildman–Crippen MR) is 95.5 cm³/mol. The molecule has 2 aromatic rings. The summed E-state index contributed by atoms with van der Waals surface area (Å²) >= 11 is 0. The molecule has 0 fully saturated rings. The van der Waals surface area contributed by atoms with Crippen LogP contribution in [0.15, 0.2) is 48.5 Å². The quantitative estimate of drug-likeness (QED) is 0.649. The van der Waals surface area contributed by atoms with Gasteiger partial charge in [0.15, 0.2) is 0 Å². The minimum absolute atomic E-state index is 0. The van der Waals surface area contributed by atoms with Crippen LogP contribution in [-0.2, 0) is 0 Å². The maximum absolute atomic E-state index is 10.4. The van der Waals surface area contributed by atoms with Gasteiger partial charge in [0.05, 0.1) is 11.9 Å². The summed E-state index contributed by atoms with van der Waals surface area (Å²) in [6, 6.07) is 13.6. The molecule has 2 aromatic carbocycles. The van der Waals surface area contributed by atoms with E-state index >= 15 is 0 Å². The molecule has 0 N–H and O–H groups in total. The van der Waals surface area contributed by atoms with Gasteiger partial charge in [0.25, 0.3) is 0 Å². The fourth-order valence-corrected chi connectivity index (χ4v) is 2.01. The second kappa shape index (κ2) is 11.5. The average Bonchev–Trinajstić information content (AvgIpc) is 2.55. The average molecular weight is 464 g/mol. The predicted octanol–water partition coefficient (Wildman–Crippen LogP) is 1.97. The third-order valence-electron chi connectivity index (χ3n) is 3.63. The molecule has 0 spiro atoms. The van der Waals surface area contributed by atoms with Crippen LogP contribution >= 0.6 is 0 Å². The van der Waals surface area contributed by atoms with E-state index < -0.39 is 11.9 Å². The van der Waals surface area contributed by atoms with Gasteiger partial charge in [0.1, 0.15) is 0 Å². The molecule has 0 aliphatic rings. The third-order valence-corrected chi connectivity index (χ3v) is 3.63. The summed E-state index contributed by atoms with van der Waals surface area (Å²) in [6.45, 7) is 8.25. The van der Waals surface area contributed by atoms with Gasteiger partial charge in [-0.2, -0.15) is 0 Å². The summed E-state index contributed by atoms with van der Waals surface area (Å²) in [7, 11) is 0. The van der Waals surface area contributed by atoms with E-state index in [0.29, 0.717) is 11.8 Å². The van der Waals surface area contributed by atoms with E-state index in [0.717, 1.165) is 11.1 Å². The molecule has 0 bridgehead atoms. The van der Waals surface area contributed by atoms with E-state index in [1.165, 1.54) is 0 Å². The van der Waals surface area contributed by atoms with Crippen LogP contribution in [-0.4, -0.2) is 60.8 Å². The number of carbonyl (C=O) groups excluding carboxylic acids is 2. The van der Waals surface area contributed by atoms with Crippen LogP contribution < -0.4 is 10.2 Å². The van der Waals surface area contributed by atoms with E-state index in [1.54, 1.807) is 24.3 Å². The first-order valence-corrected chi connectivity index (χ1v) is 7.85. The second-order valence-corrected chi connectivity index (χ2v) is 6.13. The Bertz CT molecular complexity index is 612. The van der Waals surface area contributed by atoms with Crippen molar-refractivity contribution in [1.29, 1.82) is 0 Å². The van der Waals surface area contributed by atoms with Gasteiger partial charge in [-0.05, 0) is 34.1 Å². The van der Waals surface area contributed by atoms with Crippen molar-refractivity contribution in [3.63, 3.8) is 0 Å². The van der Waals surface area contributed by atoms with Crippen molar-refractivity contribution in [2.24, 2.45) is 0 Å². The van der Waals surface area contributed by atoms with Crippen molar-refractivity contribution in [2.75, 3.05) is 0 Å². The minimum Gasteiger partial charge on any atom is -0.545 e. The first-order valence-electron chi connectivity index (χ1n) is 7.85. The van der Waals surface area contributed by atoms with Crippen LogP contribution in [0.5, 0.6) is 0 Å². The third kappa shape index (κ3) is 8.25. The Morgan fingerprint density at radius 3 is 1.04 bits per heavy atom. The van der Waals surface area contributed by atoms with Gasteiger partial charge >= 0.3 is 48.9 Å². The zero-order valence-corrected chi connectivity index (χ0v) is 19.6. The van der Waals surface area contributed by atoms with Gasteiger partial charge in [-0.1, -0.05) is 76.2 Å². The molecular formula is C20H22BaO4. The van der Waals surface area contributed by atoms with Crippen molar-refractivity contribution in [3.05, 3.63) is 70.8 Å². The summed E-state index contributed by atoms with van der Waals surface area (Å²) in [5.41, 5.74) is 2.75. The van der Waals surface area contributed by atoms with Gasteiger partial charge in [0, 0.05) is 0 Å². The fraction of sp³-hybridized carbons (Fsp3) is 0.300. The van der Waals surface area contributed by atoms with Crippen LogP contribution in [0.4, 0.5) is 0 Å². The van der Waals surface area contributed by atoms with Crippen LogP contribution in [0.3, 0.4) is 0 Å². The molecular weight excluding hydrogens is 442 g/mol. The number of rotatable bonds is 4. The minimum atomic E-state index is -1.12. The van der Waals surface area contributed by atoms with Crippen molar-refractivity contribution in [3.8, 4) is 0 Å². The maximum Gasteiger partial charge on any atom is 2.00 e. The van der Waals surface area contributed by atoms with Crippen LogP contribution in [0.1, 0.15) is 71.4 Å². The Labute approximate surface area is 189 Å². The number of hydrogen-bond acceptors (Lipinski definition) is 4. The van der Waals surface area contributed by atoms with Gasteiger partial charge in [-0.15, -0.1) is 0 Å². The van der Waals surface area contributed by atoms with Crippen molar-refractivity contribution in [1.82, 2.24) is 0 Å². The van der Waals surface area contributed by atoms with Gasteiger partial charge in [-0.3, -0.25) is 0 Å². The fourth-order valence-electron chi connectivity index (χ4n) is 2.01. The summed E-state index contributed by atoms with van der Waals surface area (Å²) in [4.78, 5) is 20.7.